The molecule has 1 amide bonds. The number of aromatic nitrogens is 4. The summed E-state index contributed by atoms with van der Waals surface area (Å²) in [6.45, 7) is 6.96. The maximum absolute atomic E-state index is 13.0. The van der Waals surface area contributed by atoms with Gasteiger partial charge in [0.15, 0.2) is 0 Å². The Morgan fingerprint density at radius 2 is 2.17 bits per heavy atom. The molecule has 1 aromatic carbocycles. The molecular weight excluding hydrogens is 444 g/mol. The lowest BCUT2D eigenvalue weighted by Crippen LogP contribution is -2.47. The molecule has 0 saturated heterocycles. The van der Waals surface area contributed by atoms with E-state index in [0.717, 1.165) is 23.1 Å². The maximum Gasteiger partial charge on any atom is 0.222 e. The number of aliphatic hydroxyl groups is 1. The van der Waals surface area contributed by atoms with Crippen molar-refractivity contribution in [3.63, 3.8) is 0 Å². The zero-order valence-electron chi connectivity index (χ0n) is 20.9. The Kier molecular flexibility index (Phi) is 8.43. The fraction of sp³-hybridized carbons (Fsp3) is 0.538. The normalized spacial score (nSPS) is 20.9. The van der Waals surface area contributed by atoms with Gasteiger partial charge in [-0.1, -0.05) is 30.3 Å². The molecule has 3 heterocycles. The molecule has 3 atom stereocenters. The predicted octanol–water partition coefficient (Wildman–Crippen LogP) is 2.48. The van der Waals surface area contributed by atoms with Crippen molar-refractivity contribution >= 4 is 16.8 Å². The maximum atomic E-state index is 13.0. The lowest BCUT2D eigenvalue weighted by atomic mass is 10.0. The first-order valence-corrected chi connectivity index (χ1v) is 12.4. The Bertz CT molecular complexity index is 1120. The van der Waals surface area contributed by atoms with E-state index in [2.05, 4.69) is 58.4 Å². The van der Waals surface area contributed by atoms with Gasteiger partial charge in [0.1, 0.15) is 0 Å². The van der Waals surface area contributed by atoms with Crippen molar-refractivity contribution < 1.29 is 14.6 Å². The van der Waals surface area contributed by atoms with Gasteiger partial charge in [-0.05, 0) is 38.1 Å². The van der Waals surface area contributed by atoms with Gasteiger partial charge in [0.25, 0.3) is 0 Å². The molecule has 0 bridgehead atoms. The molecule has 1 aliphatic heterocycles. The van der Waals surface area contributed by atoms with E-state index in [9.17, 15) is 9.90 Å². The number of benzene rings is 1. The summed E-state index contributed by atoms with van der Waals surface area (Å²) < 4.78 is 8.25. The second kappa shape index (κ2) is 11.7. The Morgan fingerprint density at radius 1 is 1.31 bits per heavy atom. The van der Waals surface area contributed by atoms with Crippen LogP contribution in [-0.4, -0.2) is 79.7 Å². The molecule has 188 valence electrons. The van der Waals surface area contributed by atoms with Crippen LogP contribution in [-0.2, 0) is 29.2 Å². The summed E-state index contributed by atoms with van der Waals surface area (Å²) in [5.41, 5.74) is 3.09. The molecule has 1 aliphatic rings. The first kappa shape index (κ1) is 25.2. The molecule has 9 heteroatoms. The van der Waals surface area contributed by atoms with Crippen LogP contribution in [0.4, 0.5) is 0 Å². The first-order valence-electron chi connectivity index (χ1n) is 12.4. The topological polar surface area (TPSA) is 96.6 Å². The van der Waals surface area contributed by atoms with E-state index >= 15 is 0 Å². The number of ether oxygens (including phenoxy) is 1. The number of carbonyl (C=O) groups excluding carboxylic acids is 1. The number of hydrogen-bond donors (Lipinski definition) is 1. The highest BCUT2D eigenvalue weighted by Gasteiger charge is 2.28. The number of rotatable bonds is 6. The van der Waals surface area contributed by atoms with Gasteiger partial charge in [-0.25, -0.2) is 4.68 Å². The third kappa shape index (κ3) is 6.42. The Balaban J connectivity index is 1.51. The van der Waals surface area contributed by atoms with E-state index in [-0.39, 0.29) is 30.6 Å². The lowest BCUT2D eigenvalue weighted by Gasteiger charge is -2.35. The van der Waals surface area contributed by atoms with Gasteiger partial charge in [0.2, 0.25) is 5.91 Å². The fourth-order valence-electron chi connectivity index (χ4n) is 4.64. The van der Waals surface area contributed by atoms with Crippen molar-refractivity contribution in [2.24, 2.45) is 5.92 Å². The number of nitrogens with zero attached hydrogens (tertiary/aromatic N) is 6. The predicted molar refractivity (Wildman–Crippen MR) is 133 cm³/mol. The molecule has 3 aromatic rings. The van der Waals surface area contributed by atoms with E-state index in [1.54, 1.807) is 11.1 Å². The van der Waals surface area contributed by atoms with E-state index < -0.39 is 0 Å². The van der Waals surface area contributed by atoms with Crippen molar-refractivity contribution in [2.45, 2.75) is 58.5 Å². The van der Waals surface area contributed by atoms with Crippen LogP contribution in [0.2, 0.25) is 0 Å². The van der Waals surface area contributed by atoms with Gasteiger partial charge in [0.05, 0.1) is 42.8 Å². The van der Waals surface area contributed by atoms with Gasteiger partial charge >= 0.3 is 0 Å². The Morgan fingerprint density at radius 3 is 3.00 bits per heavy atom. The summed E-state index contributed by atoms with van der Waals surface area (Å²) in [5, 5.41) is 19.1. The second-order valence-electron chi connectivity index (χ2n) is 9.68. The third-order valence-electron chi connectivity index (χ3n) is 6.75. The van der Waals surface area contributed by atoms with Gasteiger partial charge < -0.3 is 14.7 Å². The first-order chi connectivity index (χ1) is 16.9. The minimum Gasteiger partial charge on any atom is -0.394 e. The molecule has 35 heavy (non-hydrogen) atoms. The highest BCUT2D eigenvalue weighted by atomic mass is 16.5. The highest BCUT2D eigenvalue weighted by Crippen LogP contribution is 2.20. The molecule has 4 rings (SSSR count). The van der Waals surface area contributed by atoms with Crippen molar-refractivity contribution in [1.29, 1.82) is 0 Å². The summed E-state index contributed by atoms with van der Waals surface area (Å²) in [6, 6.07) is 10.1. The zero-order valence-corrected chi connectivity index (χ0v) is 20.9. The number of fused-ring (bicyclic) bond motifs is 2. The van der Waals surface area contributed by atoms with E-state index in [0.29, 0.717) is 39.1 Å². The van der Waals surface area contributed by atoms with Crippen LogP contribution in [0.15, 0.2) is 42.7 Å². The molecule has 0 spiro atoms. The average molecular weight is 481 g/mol. The van der Waals surface area contributed by atoms with Crippen LogP contribution in [0.25, 0.3) is 10.9 Å². The summed E-state index contributed by atoms with van der Waals surface area (Å²) in [4.78, 5) is 21.5. The second-order valence-corrected chi connectivity index (χ2v) is 9.68. The molecule has 0 aliphatic carbocycles. The Labute approximate surface area is 206 Å². The molecular formula is C26H36N6O3. The van der Waals surface area contributed by atoms with Crippen LogP contribution in [0.5, 0.6) is 0 Å². The number of amides is 1. The molecule has 0 radical (unpaired) electrons. The minimum atomic E-state index is -0.238. The number of hydrogen-bond acceptors (Lipinski definition) is 7. The third-order valence-corrected chi connectivity index (χ3v) is 6.75. The summed E-state index contributed by atoms with van der Waals surface area (Å²) >= 11 is 0. The van der Waals surface area contributed by atoms with Crippen LogP contribution in [0, 0.1) is 5.92 Å². The summed E-state index contributed by atoms with van der Waals surface area (Å²) in [7, 11) is 2.08. The van der Waals surface area contributed by atoms with E-state index in [1.807, 2.05) is 23.9 Å². The molecule has 9 nitrogen and oxygen atoms in total. The van der Waals surface area contributed by atoms with Crippen LogP contribution >= 0.6 is 0 Å². The van der Waals surface area contributed by atoms with Gasteiger partial charge in [0, 0.05) is 50.1 Å². The van der Waals surface area contributed by atoms with E-state index in [4.69, 9.17) is 4.74 Å². The quantitative estimate of drug-likeness (QED) is 0.579. The molecule has 1 N–H and O–H groups in total. The van der Waals surface area contributed by atoms with Crippen LogP contribution in [0.1, 0.15) is 37.9 Å². The molecule has 0 unspecified atom stereocenters. The molecule has 2 aromatic heterocycles. The summed E-state index contributed by atoms with van der Waals surface area (Å²) in [6.07, 6.45) is 4.52. The highest BCUT2D eigenvalue weighted by molar-refractivity contribution is 5.78. The fourth-order valence-corrected chi connectivity index (χ4v) is 4.64. The largest absolute Gasteiger partial charge is 0.394 e. The number of aliphatic hydroxyl groups excluding tert-OH is 1. The van der Waals surface area contributed by atoms with E-state index in [1.165, 1.54) is 5.56 Å². The minimum absolute atomic E-state index is 0.0522. The van der Waals surface area contributed by atoms with Crippen LogP contribution < -0.4 is 0 Å². The van der Waals surface area contributed by atoms with Gasteiger partial charge in [-0.15, -0.1) is 5.10 Å². The summed E-state index contributed by atoms with van der Waals surface area (Å²) in [5.74, 6) is 0.119. The van der Waals surface area contributed by atoms with Crippen molar-refractivity contribution in [3.8, 4) is 0 Å². The zero-order chi connectivity index (χ0) is 24.8. The Hall–Kier alpha value is -2.88. The molecule has 0 saturated carbocycles. The van der Waals surface area contributed by atoms with Crippen LogP contribution in [0.3, 0.4) is 0 Å². The number of carbonyl (C=O) groups is 1. The van der Waals surface area contributed by atoms with Crippen molar-refractivity contribution in [1.82, 2.24) is 29.8 Å². The average Bonchev–Trinajstić information content (AvgIpc) is 3.30. The number of aryl methyl sites for hydroxylation is 1. The standard InChI is InChI=1S/C26H36N6O3/c1-19-14-31(20(2)17-33)26(34)7-5-11-32-23(13-28-29-32)18-35-25(19)16-30(3)15-21-8-9-22-6-4-10-27-24(22)12-21/h4,6,8-10,12-13,19-20,25,33H,5,7,11,14-18H2,1-3H3/t19-,20-,25+/m1/s1. The number of pyridine rings is 1. The van der Waals surface area contributed by atoms with Gasteiger partial charge in [-0.3, -0.25) is 14.7 Å². The number of likely N-dealkylation sites (N-methyl/N-ethyl adjacent to an activating group) is 1. The monoisotopic (exact) mass is 480 g/mol. The van der Waals surface area contributed by atoms with Crippen molar-refractivity contribution in [3.05, 3.63) is 54.0 Å². The van der Waals surface area contributed by atoms with Crippen molar-refractivity contribution in [2.75, 3.05) is 26.7 Å². The lowest BCUT2D eigenvalue weighted by molar-refractivity contribution is -0.136. The SMILES string of the molecule is C[C@@H]1CN([C@H](C)CO)C(=O)CCCn2nncc2CO[C@H]1CN(C)Cc1ccc2cccnc2c1. The van der Waals surface area contributed by atoms with Gasteiger partial charge in [-0.2, -0.15) is 0 Å². The molecule has 0 fully saturated rings. The smallest absolute Gasteiger partial charge is 0.222 e.